The molecule has 108 valence electrons. The lowest BCUT2D eigenvalue weighted by Gasteiger charge is -2.23. The average molecular weight is 279 g/mol. The second kappa shape index (κ2) is 6.13. The number of hydrogen-bond acceptors (Lipinski definition) is 1. The molecule has 2 N–H and O–H groups in total. The van der Waals surface area contributed by atoms with Crippen LogP contribution < -0.4 is 5.73 Å². The smallest absolute Gasteiger partial charge is 0.249 e. The maximum absolute atomic E-state index is 11.9. The summed E-state index contributed by atoms with van der Waals surface area (Å²) < 4.78 is 0. The van der Waals surface area contributed by atoms with Crippen molar-refractivity contribution in [2.75, 3.05) is 0 Å². The van der Waals surface area contributed by atoms with E-state index in [9.17, 15) is 4.79 Å². The van der Waals surface area contributed by atoms with Crippen molar-refractivity contribution in [3.8, 4) is 11.1 Å². The predicted octanol–water partition coefficient (Wildman–Crippen LogP) is 4.50. The predicted molar refractivity (Wildman–Crippen MR) is 86.2 cm³/mol. The number of rotatable bonds is 3. The quantitative estimate of drug-likeness (QED) is 0.883. The summed E-state index contributed by atoms with van der Waals surface area (Å²) in [6.07, 6.45) is 6.36. The SMILES string of the molecule is NC(=O)c1cc(C2CCCCC2)ccc1-c1ccccc1. The summed E-state index contributed by atoms with van der Waals surface area (Å²) >= 11 is 0. The fourth-order valence-electron chi connectivity index (χ4n) is 3.33. The van der Waals surface area contributed by atoms with E-state index in [2.05, 4.69) is 12.1 Å². The van der Waals surface area contributed by atoms with Gasteiger partial charge in [0.15, 0.2) is 0 Å². The molecule has 1 aliphatic carbocycles. The van der Waals surface area contributed by atoms with Gasteiger partial charge in [0.05, 0.1) is 0 Å². The first-order valence-electron chi connectivity index (χ1n) is 7.75. The van der Waals surface area contributed by atoms with Gasteiger partial charge in [-0.3, -0.25) is 4.79 Å². The first kappa shape index (κ1) is 13.9. The molecule has 0 spiro atoms. The molecule has 3 rings (SSSR count). The van der Waals surface area contributed by atoms with Crippen molar-refractivity contribution in [1.82, 2.24) is 0 Å². The van der Waals surface area contributed by atoms with Crippen molar-refractivity contribution in [3.63, 3.8) is 0 Å². The van der Waals surface area contributed by atoms with Crippen LogP contribution in [0.15, 0.2) is 48.5 Å². The Bertz CT molecular complexity index is 627. The molecule has 1 fully saturated rings. The van der Waals surface area contributed by atoms with E-state index in [0.717, 1.165) is 11.1 Å². The molecule has 2 aromatic carbocycles. The van der Waals surface area contributed by atoms with Crippen LogP contribution in [-0.4, -0.2) is 5.91 Å². The van der Waals surface area contributed by atoms with E-state index >= 15 is 0 Å². The molecule has 2 heteroatoms. The topological polar surface area (TPSA) is 43.1 Å². The van der Waals surface area contributed by atoms with E-state index in [-0.39, 0.29) is 5.91 Å². The highest BCUT2D eigenvalue weighted by atomic mass is 16.1. The summed E-state index contributed by atoms with van der Waals surface area (Å²) in [5.74, 6) is 0.244. The molecule has 0 unspecified atom stereocenters. The van der Waals surface area contributed by atoms with Crippen LogP contribution in [0.25, 0.3) is 11.1 Å². The third kappa shape index (κ3) is 2.99. The van der Waals surface area contributed by atoms with Crippen LogP contribution in [0.4, 0.5) is 0 Å². The van der Waals surface area contributed by atoms with E-state index < -0.39 is 0 Å². The Morgan fingerprint density at radius 1 is 0.952 bits per heavy atom. The van der Waals surface area contributed by atoms with Crippen LogP contribution in [0, 0.1) is 0 Å². The zero-order valence-corrected chi connectivity index (χ0v) is 12.2. The van der Waals surface area contributed by atoms with Gasteiger partial charge in [0.25, 0.3) is 0 Å². The van der Waals surface area contributed by atoms with Crippen molar-refractivity contribution in [2.24, 2.45) is 5.73 Å². The van der Waals surface area contributed by atoms with Crippen molar-refractivity contribution < 1.29 is 4.79 Å². The van der Waals surface area contributed by atoms with Crippen LogP contribution >= 0.6 is 0 Å². The fraction of sp³-hybridized carbons (Fsp3) is 0.316. The highest BCUT2D eigenvalue weighted by Crippen LogP contribution is 2.35. The normalized spacial score (nSPS) is 15.8. The van der Waals surface area contributed by atoms with Gasteiger partial charge in [-0.15, -0.1) is 0 Å². The lowest BCUT2D eigenvalue weighted by atomic mass is 9.82. The van der Waals surface area contributed by atoms with E-state index in [1.165, 1.54) is 37.7 Å². The molecule has 0 aliphatic heterocycles. The van der Waals surface area contributed by atoms with Gasteiger partial charge < -0.3 is 5.73 Å². The Labute approximate surface area is 126 Å². The second-order valence-electron chi connectivity index (χ2n) is 5.87. The van der Waals surface area contributed by atoms with Crippen LogP contribution in [0.3, 0.4) is 0 Å². The molecule has 0 radical (unpaired) electrons. The molecule has 0 atom stereocenters. The number of nitrogens with two attached hydrogens (primary N) is 1. The minimum Gasteiger partial charge on any atom is -0.366 e. The summed E-state index contributed by atoms with van der Waals surface area (Å²) in [5, 5.41) is 0. The Hall–Kier alpha value is -2.09. The molecule has 1 saturated carbocycles. The lowest BCUT2D eigenvalue weighted by Crippen LogP contribution is -2.14. The summed E-state index contributed by atoms with van der Waals surface area (Å²) in [7, 11) is 0. The number of benzene rings is 2. The molecule has 0 saturated heterocycles. The van der Waals surface area contributed by atoms with Gasteiger partial charge in [-0.1, -0.05) is 61.7 Å². The Morgan fingerprint density at radius 3 is 2.33 bits per heavy atom. The summed E-state index contributed by atoms with van der Waals surface area (Å²) in [6, 6.07) is 16.2. The molecule has 0 heterocycles. The summed E-state index contributed by atoms with van der Waals surface area (Å²) in [5.41, 5.74) is 9.50. The highest BCUT2D eigenvalue weighted by molar-refractivity contribution is 6.00. The number of carbonyl (C=O) groups is 1. The fourth-order valence-corrected chi connectivity index (χ4v) is 3.33. The molecule has 1 aliphatic rings. The van der Waals surface area contributed by atoms with Crippen molar-refractivity contribution >= 4 is 5.91 Å². The summed E-state index contributed by atoms with van der Waals surface area (Å²) in [4.78, 5) is 11.9. The molecular formula is C19H21NO. The van der Waals surface area contributed by atoms with Gasteiger partial charge in [-0.05, 0) is 41.5 Å². The van der Waals surface area contributed by atoms with E-state index in [1.54, 1.807) is 0 Å². The zero-order chi connectivity index (χ0) is 14.7. The van der Waals surface area contributed by atoms with Gasteiger partial charge >= 0.3 is 0 Å². The van der Waals surface area contributed by atoms with Gasteiger partial charge in [-0.25, -0.2) is 0 Å². The maximum atomic E-state index is 11.9. The van der Waals surface area contributed by atoms with E-state index in [4.69, 9.17) is 5.73 Å². The Balaban J connectivity index is 2.00. The van der Waals surface area contributed by atoms with Crippen molar-refractivity contribution in [1.29, 1.82) is 0 Å². The second-order valence-corrected chi connectivity index (χ2v) is 5.87. The monoisotopic (exact) mass is 279 g/mol. The summed E-state index contributed by atoms with van der Waals surface area (Å²) in [6.45, 7) is 0. The third-order valence-corrected chi connectivity index (χ3v) is 4.47. The van der Waals surface area contributed by atoms with Gasteiger partial charge in [0, 0.05) is 5.56 Å². The minimum atomic E-state index is -0.341. The Morgan fingerprint density at radius 2 is 1.67 bits per heavy atom. The maximum Gasteiger partial charge on any atom is 0.249 e. The van der Waals surface area contributed by atoms with Crippen LogP contribution in [-0.2, 0) is 0 Å². The van der Waals surface area contributed by atoms with Gasteiger partial charge in [-0.2, -0.15) is 0 Å². The largest absolute Gasteiger partial charge is 0.366 e. The standard InChI is InChI=1S/C19H21NO/c20-19(21)18-13-16(14-7-3-1-4-8-14)11-12-17(18)15-9-5-2-6-10-15/h2,5-6,9-14H,1,3-4,7-8H2,(H2,20,21). The number of amides is 1. The van der Waals surface area contributed by atoms with Gasteiger partial charge in [0.1, 0.15) is 0 Å². The minimum absolute atomic E-state index is 0.341. The first-order chi connectivity index (χ1) is 10.3. The zero-order valence-electron chi connectivity index (χ0n) is 12.2. The molecule has 0 aromatic heterocycles. The average Bonchev–Trinajstić information content (AvgIpc) is 2.56. The highest BCUT2D eigenvalue weighted by Gasteiger charge is 2.18. The van der Waals surface area contributed by atoms with Crippen molar-refractivity contribution in [3.05, 3.63) is 59.7 Å². The van der Waals surface area contributed by atoms with Gasteiger partial charge in [0.2, 0.25) is 5.91 Å². The van der Waals surface area contributed by atoms with Crippen LogP contribution in [0.5, 0.6) is 0 Å². The molecule has 0 bridgehead atoms. The van der Waals surface area contributed by atoms with Crippen LogP contribution in [0.1, 0.15) is 53.9 Å². The lowest BCUT2D eigenvalue weighted by molar-refractivity contribution is 0.100. The number of primary amides is 1. The first-order valence-corrected chi connectivity index (χ1v) is 7.75. The number of hydrogen-bond donors (Lipinski definition) is 1. The molecule has 2 aromatic rings. The molecular weight excluding hydrogens is 258 g/mol. The van der Waals surface area contributed by atoms with E-state index in [0.29, 0.717) is 11.5 Å². The van der Waals surface area contributed by atoms with Crippen molar-refractivity contribution in [2.45, 2.75) is 38.0 Å². The molecule has 1 amide bonds. The molecule has 21 heavy (non-hydrogen) atoms. The number of carbonyl (C=O) groups excluding carboxylic acids is 1. The van der Waals surface area contributed by atoms with E-state index in [1.807, 2.05) is 36.4 Å². The van der Waals surface area contributed by atoms with Crippen LogP contribution in [0.2, 0.25) is 0 Å². The third-order valence-electron chi connectivity index (χ3n) is 4.47. The molecule has 2 nitrogen and oxygen atoms in total. The Kier molecular flexibility index (Phi) is 4.05.